The molecule has 6 nitrogen and oxygen atoms in total. The molecule has 2 rings (SSSR count). The molecule has 2 aromatic rings. The summed E-state index contributed by atoms with van der Waals surface area (Å²) in [5.41, 5.74) is 0.673. The average Bonchev–Trinajstić information content (AvgIpc) is 3.03. The quantitative estimate of drug-likeness (QED) is 0.793. The van der Waals surface area contributed by atoms with Crippen molar-refractivity contribution in [1.82, 2.24) is 25.1 Å². The minimum Gasteiger partial charge on any atom is -0.351 e. The predicted molar refractivity (Wildman–Crippen MR) is 79.6 cm³/mol. The molecule has 0 saturated heterocycles. The molecule has 0 saturated carbocycles. The minimum atomic E-state index is -0.0537. The summed E-state index contributed by atoms with van der Waals surface area (Å²) in [6.07, 6.45) is 5.01. The number of halogens is 1. The number of aryl methyl sites for hydroxylation is 1. The molecule has 0 fully saturated rings. The van der Waals surface area contributed by atoms with Crippen LogP contribution in [0, 0.1) is 0 Å². The molecule has 0 spiro atoms. The zero-order chi connectivity index (χ0) is 14.5. The van der Waals surface area contributed by atoms with Crippen molar-refractivity contribution < 1.29 is 4.79 Å². The number of H-pyrrole nitrogens is 1. The average molecular weight is 340 g/mol. The molecule has 20 heavy (non-hydrogen) atoms. The number of aromatic nitrogens is 4. The zero-order valence-corrected chi connectivity index (χ0v) is 13.1. The second-order valence-corrected chi connectivity index (χ2v) is 5.75. The van der Waals surface area contributed by atoms with Gasteiger partial charge in [-0.05, 0) is 42.3 Å². The maximum absolute atomic E-state index is 12.2. The van der Waals surface area contributed by atoms with Crippen LogP contribution in [0.25, 0.3) is 0 Å². The van der Waals surface area contributed by atoms with Crippen molar-refractivity contribution in [2.75, 3.05) is 6.54 Å². The number of amides is 1. The normalized spacial score (nSPS) is 11.0. The molecule has 108 valence electrons. The molecule has 0 atom stereocenters. The van der Waals surface area contributed by atoms with Gasteiger partial charge in [0.05, 0.1) is 0 Å². The number of aromatic amines is 1. The Bertz CT molecular complexity index is 561. The number of carbonyl (C=O) groups is 1. The molecule has 2 heterocycles. The first-order valence-electron chi connectivity index (χ1n) is 6.57. The number of hydrogen-bond acceptors (Lipinski definition) is 3. The summed E-state index contributed by atoms with van der Waals surface area (Å²) in [7, 11) is 0. The Morgan fingerprint density at radius 3 is 3.00 bits per heavy atom. The van der Waals surface area contributed by atoms with Crippen LogP contribution in [-0.4, -0.2) is 32.2 Å². The highest BCUT2D eigenvalue weighted by molar-refractivity contribution is 9.10. The van der Waals surface area contributed by atoms with E-state index < -0.39 is 0 Å². The van der Waals surface area contributed by atoms with Crippen LogP contribution in [-0.2, 0) is 6.42 Å². The second kappa shape index (κ2) is 6.69. The molecular formula is C13H18BrN5O. The minimum absolute atomic E-state index is 0.0537. The summed E-state index contributed by atoms with van der Waals surface area (Å²) in [6, 6.07) is 2.09. The van der Waals surface area contributed by atoms with Crippen molar-refractivity contribution in [3.05, 3.63) is 34.6 Å². The van der Waals surface area contributed by atoms with Gasteiger partial charge in [-0.25, -0.2) is 4.98 Å². The predicted octanol–water partition coefficient (Wildman–Crippen LogP) is 2.31. The highest BCUT2D eigenvalue weighted by Gasteiger charge is 2.14. The Morgan fingerprint density at radius 2 is 2.35 bits per heavy atom. The van der Waals surface area contributed by atoms with Crippen molar-refractivity contribution in [3.63, 3.8) is 0 Å². The Kier molecular flexibility index (Phi) is 4.94. The Hall–Kier alpha value is -1.63. The van der Waals surface area contributed by atoms with E-state index >= 15 is 0 Å². The van der Waals surface area contributed by atoms with E-state index in [-0.39, 0.29) is 11.9 Å². The monoisotopic (exact) mass is 339 g/mol. The van der Waals surface area contributed by atoms with Crippen molar-refractivity contribution >= 4 is 21.8 Å². The third-order valence-electron chi connectivity index (χ3n) is 2.95. The number of carbonyl (C=O) groups excluding carboxylic acids is 1. The second-order valence-electron chi connectivity index (χ2n) is 4.84. The third-order valence-corrected chi connectivity index (χ3v) is 3.38. The van der Waals surface area contributed by atoms with E-state index in [1.165, 1.54) is 6.33 Å². The van der Waals surface area contributed by atoms with Crippen molar-refractivity contribution in [3.8, 4) is 0 Å². The van der Waals surface area contributed by atoms with Gasteiger partial charge >= 0.3 is 0 Å². The summed E-state index contributed by atoms with van der Waals surface area (Å²) in [4.78, 5) is 16.2. The standard InChI is InChI=1S/C13H18BrN5O/c1-9(2)19-7-10(14)6-11(19)13(20)15-5-3-4-12-16-8-17-18-12/h6-9H,3-5H2,1-2H3,(H,15,20)(H,16,17,18). The summed E-state index contributed by atoms with van der Waals surface area (Å²) >= 11 is 3.41. The first-order chi connectivity index (χ1) is 9.58. The van der Waals surface area contributed by atoms with Gasteiger partial charge in [0.1, 0.15) is 17.8 Å². The molecule has 0 bridgehead atoms. The molecule has 0 unspecified atom stereocenters. The molecule has 1 amide bonds. The van der Waals surface area contributed by atoms with Crippen molar-refractivity contribution in [2.24, 2.45) is 0 Å². The van der Waals surface area contributed by atoms with Gasteiger partial charge in [0.2, 0.25) is 0 Å². The van der Waals surface area contributed by atoms with Gasteiger partial charge in [0.15, 0.2) is 0 Å². The number of nitrogens with zero attached hydrogens (tertiary/aromatic N) is 3. The molecule has 0 aliphatic heterocycles. The van der Waals surface area contributed by atoms with E-state index in [0.29, 0.717) is 12.2 Å². The lowest BCUT2D eigenvalue weighted by molar-refractivity contribution is 0.0942. The van der Waals surface area contributed by atoms with E-state index in [2.05, 4.69) is 36.4 Å². The van der Waals surface area contributed by atoms with Gasteiger partial charge in [-0.15, -0.1) is 0 Å². The summed E-state index contributed by atoms with van der Waals surface area (Å²) in [6.45, 7) is 4.71. The van der Waals surface area contributed by atoms with Gasteiger partial charge in [0.25, 0.3) is 5.91 Å². The van der Waals surface area contributed by atoms with Gasteiger partial charge in [-0.2, -0.15) is 5.10 Å². The van der Waals surface area contributed by atoms with E-state index in [4.69, 9.17) is 0 Å². The Balaban J connectivity index is 1.85. The van der Waals surface area contributed by atoms with Crippen molar-refractivity contribution in [2.45, 2.75) is 32.7 Å². The van der Waals surface area contributed by atoms with E-state index in [9.17, 15) is 4.79 Å². The topological polar surface area (TPSA) is 75.6 Å². The van der Waals surface area contributed by atoms with Crippen LogP contribution in [0.3, 0.4) is 0 Å². The zero-order valence-electron chi connectivity index (χ0n) is 11.6. The van der Waals surface area contributed by atoms with Gasteiger partial charge in [0, 0.05) is 29.7 Å². The maximum Gasteiger partial charge on any atom is 0.267 e. The fourth-order valence-electron chi connectivity index (χ4n) is 1.95. The fraction of sp³-hybridized carbons (Fsp3) is 0.462. The van der Waals surface area contributed by atoms with Gasteiger partial charge in [-0.3, -0.25) is 9.89 Å². The largest absolute Gasteiger partial charge is 0.351 e. The fourth-order valence-corrected chi connectivity index (χ4v) is 2.39. The van der Waals surface area contributed by atoms with Crippen LogP contribution in [0.2, 0.25) is 0 Å². The Labute approximate surface area is 126 Å². The van der Waals surface area contributed by atoms with Gasteiger partial charge < -0.3 is 9.88 Å². The van der Waals surface area contributed by atoms with Crippen LogP contribution in [0.15, 0.2) is 23.1 Å². The lowest BCUT2D eigenvalue weighted by Gasteiger charge is -2.12. The van der Waals surface area contributed by atoms with Crippen molar-refractivity contribution in [1.29, 1.82) is 0 Å². The summed E-state index contributed by atoms with van der Waals surface area (Å²) in [5, 5.41) is 9.51. The molecule has 7 heteroatoms. The first-order valence-corrected chi connectivity index (χ1v) is 7.37. The molecule has 0 aromatic carbocycles. The lowest BCUT2D eigenvalue weighted by Crippen LogP contribution is -2.27. The number of rotatable bonds is 6. The third kappa shape index (κ3) is 3.69. The molecule has 0 aliphatic carbocycles. The van der Waals surface area contributed by atoms with Crippen LogP contribution in [0.5, 0.6) is 0 Å². The van der Waals surface area contributed by atoms with E-state index in [1.54, 1.807) is 0 Å². The molecule has 0 aliphatic rings. The van der Waals surface area contributed by atoms with E-state index in [1.807, 2.05) is 30.7 Å². The highest BCUT2D eigenvalue weighted by atomic mass is 79.9. The highest BCUT2D eigenvalue weighted by Crippen LogP contribution is 2.19. The molecule has 0 radical (unpaired) electrons. The van der Waals surface area contributed by atoms with E-state index in [0.717, 1.165) is 23.1 Å². The van der Waals surface area contributed by atoms with Gasteiger partial charge in [-0.1, -0.05) is 0 Å². The Morgan fingerprint density at radius 1 is 1.55 bits per heavy atom. The SMILES string of the molecule is CC(C)n1cc(Br)cc1C(=O)NCCCc1ncn[nH]1. The lowest BCUT2D eigenvalue weighted by atomic mass is 10.3. The maximum atomic E-state index is 12.2. The first kappa shape index (κ1) is 14.8. The molecule has 2 aromatic heterocycles. The van der Waals surface area contributed by atoms with Crippen LogP contribution in [0.4, 0.5) is 0 Å². The summed E-state index contributed by atoms with van der Waals surface area (Å²) in [5.74, 6) is 0.787. The number of nitrogens with one attached hydrogen (secondary N) is 2. The van der Waals surface area contributed by atoms with Crippen LogP contribution in [0.1, 0.15) is 42.6 Å². The number of hydrogen-bond donors (Lipinski definition) is 2. The molecular weight excluding hydrogens is 322 g/mol. The van der Waals surface area contributed by atoms with Crippen LogP contribution >= 0.6 is 15.9 Å². The molecule has 2 N–H and O–H groups in total. The van der Waals surface area contributed by atoms with Crippen LogP contribution < -0.4 is 5.32 Å². The summed E-state index contributed by atoms with van der Waals surface area (Å²) < 4.78 is 2.87. The smallest absolute Gasteiger partial charge is 0.267 e.